The van der Waals surface area contributed by atoms with Crippen LogP contribution in [0.4, 0.5) is 0 Å². The average Bonchev–Trinajstić information content (AvgIpc) is 1.75. The van der Waals surface area contributed by atoms with E-state index in [9.17, 15) is 76.7 Å². The molecule has 1 aliphatic heterocycles. The van der Waals surface area contributed by atoms with Crippen molar-refractivity contribution in [2.45, 2.75) is 230 Å². The van der Waals surface area contributed by atoms with Crippen molar-refractivity contribution in [1.82, 2.24) is 84.7 Å². The van der Waals surface area contributed by atoms with Crippen molar-refractivity contribution in [1.29, 1.82) is 5.41 Å². The van der Waals surface area contributed by atoms with Gasteiger partial charge in [0.25, 0.3) is 0 Å². The lowest BCUT2D eigenvalue weighted by atomic mass is 9.96. The minimum absolute atomic E-state index is 0.0132. The van der Waals surface area contributed by atoms with Crippen LogP contribution in [0.25, 0.3) is 10.9 Å². The van der Waals surface area contributed by atoms with Crippen molar-refractivity contribution in [2.75, 3.05) is 44.2 Å². The second-order valence-corrected chi connectivity index (χ2v) is 32.8. The zero-order valence-corrected chi connectivity index (χ0v) is 71.2. The van der Waals surface area contributed by atoms with Crippen molar-refractivity contribution in [2.24, 2.45) is 57.9 Å². The smallest absolute Gasteiger partial charge is 0.244 e. The third-order valence-electron chi connectivity index (χ3n) is 19.7. The molecule has 1 aromatic heterocycles. The molecule has 41 nitrogen and oxygen atoms in total. The molecule has 17 amide bonds. The van der Waals surface area contributed by atoms with E-state index in [-0.39, 0.29) is 108 Å². The molecule has 0 saturated carbocycles. The number of rotatable bonds is 30. The second-order valence-electron chi connectivity index (χ2n) is 30.3. The van der Waals surface area contributed by atoms with Crippen LogP contribution in [0.2, 0.25) is 0 Å². The van der Waals surface area contributed by atoms with E-state index in [1.54, 1.807) is 102 Å². The number of para-hydroxylation sites is 1. The quantitative estimate of drug-likeness (QED) is 0.0129. The standard InChI is InChI=1S/C78H124N24O17S2/c1-8-43(6)64-77(119)95-50(24-14-16-30-79)68(110)93-53(28-29-59(82)104)70(112)99-57(65(84)107)39-120-121-40-58(90-44(7)103)74(116)92-52(27-19-33-87-78(85)86)69(111)97-55(35-46-37-88-48-23-13-12-22-47(46)48)73(115)101-62(41(2)3)75(117)94-51(25-15-17-31-80)71(113)100-63(42(4)5)76(118)98-56(36-60(83)105)66(108)89-38-61(106)91-49(26-18-32-81)67(109)96-54(72(114)102-64)34-45-20-10-9-11-21-45/h9-13,20-23,37,41-43,49-58,62-64,88H,8,14-19,24-36,38-40,79-81H2,1-7H3,(H2,82,104)(H2,83,105)(H2,84,107)(H,89,108)(H,90,103)(H,91,106)(H,92,116)(H,93,110)(H,94,117)(H,95,119)(H,96,109)(H,97,111)(H,98,118)(H,99,112)(H,100,113)(H,101,115)(H,102,114)(H4,85,86,87)/t43-,49-,50-,51-,52-,53-,54-,55-,56-,57-,58-,62-,63-,64-/m0/s1. The van der Waals surface area contributed by atoms with Gasteiger partial charge in [0, 0.05) is 61.3 Å². The fourth-order valence-electron chi connectivity index (χ4n) is 12.7. The first kappa shape index (κ1) is 102. The molecular formula is C78H124N24O17S2. The Morgan fingerprint density at radius 1 is 0.471 bits per heavy atom. The molecule has 0 aliphatic carbocycles. The lowest BCUT2D eigenvalue weighted by molar-refractivity contribution is -0.137. The van der Waals surface area contributed by atoms with E-state index in [1.165, 1.54) is 0 Å². The molecule has 0 bridgehead atoms. The van der Waals surface area contributed by atoms with Crippen LogP contribution in [0.15, 0.2) is 60.8 Å². The second kappa shape index (κ2) is 53.5. The monoisotopic (exact) mass is 1730 g/mol. The lowest BCUT2D eigenvalue weighted by Gasteiger charge is -2.30. The SMILES string of the molecule is CC[C@H](C)[C@@H]1NC(=O)[C@H](Cc2ccccc2)NC(=O)[C@H](CCCN)NC(=O)CNC(=O)[C@H](CC(N)=O)NC(=O)[C@H](C(C)C)NC(=O)[C@H](CCCCN)NC(=O)[C@H](C(C)C)NC(=O)[C@H](Cc2c[nH]c3ccccc23)NC(=O)[C@H](CCCNC(=N)N)NC(=O)[C@@H](NC(C)=O)CSSC[C@@H](C(N)=O)NC(=O)[C@H](CCC(N)=O)NC(=O)[C@H](CCCCN)NC1=O. The van der Waals surface area contributed by atoms with Crippen LogP contribution in [-0.4, -0.2) is 234 Å². The van der Waals surface area contributed by atoms with Crippen LogP contribution in [-0.2, 0) is 94.3 Å². The number of benzene rings is 2. The van der Waals surface area contributed by atoms with E-state index in [4.69, 9.17) is 45.5 Å². The van der Waals surface area contributed by atoms with Gasteiger partial charge >= 0.3 is 0 Å². The van der Waals surface area contributed by atoms with Gasteiger partial charge in [-0.3, -0.25) is 86.9 Å². The highest BCUT2D eigenvalue weighted by Gasteiger charge is 2.40. The van der Waals surface area contributed by atoms with Crippen LogP contribution in [0.5, 0.6) is 0 Å². The molecule has 14 atom stereocenters. The number of nitrogens with two attached hydrogens (primary N) is 7. The molecule has 4 rings (SSSR count). The molecule has 2 heterocycles. The number of nitrogens with one attached hydrogen (secondary N) is 17. The van der Waals surface area contributed by atoms with Crippen molar-refractivity contribution >= 4 is 139 Å². The fraction of sp³-hybridized carbons (Fsp3) is 0.590. The van der Waals surface area contributed by atoms with Gasteiger partial charge in [-0.05, 0) is 125 Å². The lowest BCUT2D eigenvalue weighted by Crippen LogP contribution is -2.62. The summed E-state index contributed by atoms with van der Waals surface area (Å²) in [6.45, 7) is 10.3. The average molecular weight is 1730 g/mol. The van der Waals surface area contributed by atoms with Crippen molar-refractivity contribution < 1.29 is 81.5 Å². The molecule has 1 saturated heterocycles. The molecule has 2 aromatic carbocycles. The first-order valence-corrected chi connectivity index (χ1v) is 43.0. The predicted molar refractivity (Wildman–Crippen MR) is 455 cm³/mol. The van der Waals surface area contributed by atoms with E-state index < -0.39 is 228 Å². The number of unbranched alkanes of at least 4 members (excludes halogenated alkanes) is 2. The Labute approximate surface area is 710 Å². The Bertz CT molecular complexity index is 4030. The molecule has 121 heavy (non-hydrogen) atoms. The van der Waals surface area contributed by atoms with Gasteiger partial charge < -0.3 is 125 Å². The Morgan fingerprint density at radius 2 is 0.917 bits per heavy atom. The van der Waals surface area contributed by atoms with E-state index in [0.717, 1.165) is 28.5 Å². The van der Waals surface area contributed by atoms with Gasteiger partial charge in [0.1, 0.15) is 78.5 Å². The number of aromatic amines is 1. The van der Waals surface area contributed by atoms with Crippen LogP contribution in [0, 0.1) is 23.2 Å². The van der Waals surface area contributed by atoms with Gasteiger partial charge in [-0.1, -0.05) is 118 Å². The normalized spacial score (nSPS) is 23.9. The molecule has 0 radical (unpaired) electrons. The molecular weight excluding hydrogens is 1610 g/mol. The van der Waals surface area contributed by atoms with E-state index in [0.29, 0.717) is 34.9 Å². The molecule has 1 fully saturated rings. The van der Waals surface area contributed by atoms with Crippen molar-refractivity contribution in [3.05, 3.63) is 71.9 Å². The maximum Gasteiger partial charge on any atom is 0.244 e. The number of amides is 17. The molecule has 1 aliphatic rings. The largest absolute Gasteiger partial charge is 0.370 e. The Hall–Kier alpha value is -11.2. The number of aromatic nitrogens is 1. The molecule has 670 valence electrons. The van der Waals surface area contributed by atoms with Crippen LogP contribution >= 0.6 is 21.6 Å². The highest BCUT2D eigenvalue weighted by atomic mass is 33.1. The van der Waals surface area contributed by atoms with Crippen LogP contribution in [0.1, 0.15) is 149 Å². The number of carbonyl (C=O) groups is 17. The van der Waals surface area contributed by atoms with Gasteiger partial charge in [-0.15, -0.1) is 0 Å². The predicted octanol–water partition coefficient (Wildman–Crippen LogP) is -4.97. The maximum atomic E-state index is 15.1. The Morgan fingerprint density at radius 3 is 1.44 bits per heavy atom. The Balaban J connectivity index is 1.89. The summed E-state index contributed by atoms with van der Waals surface area (Å²) in [5.74, 6) is -19.3. The number of hydrogen-bond donors (Lipinski definition) is 24. The number of H-pyrrole nitrogens is 1. The van der Waals surface area contributed by atoms with Gasteiger partial charge in [0.05, 0.1) is 13.0 Å². The minimum Gasteiger partial charge on any atom is -0.370 e. The zero-order valence-electron chi connectivity index (χ0n) is 69.6. The summed E-state index contributed by atoms with van der Waals surface area (Å²) < 4.78 is 0. The Kier molecular flexibility index (Phi) is 45.1. The summed E-state index contributed by atoms with van der Waals surface area (Å²) in [4.78, 5) is 244. The topological polar surface area (TPSA) is 692 Å². The zero-order chi connectivity index (χ0) is 90.0. The third-order valence-corrected chi connectivity index (χ3v) is 22.2. The van der Waals surface area contributed by atoms with E-state index in [1.807, 2.05) is 0 Å². The molecule has 31 N–H and O–H groups in total. The summed E-state index contributed by atoms with van der Waals surface area (Å²) in [5.41, 5.74) is 41.9. The number of hydrogen-bond acceptors (Lipinski definition) is 23. The van der Waals surface area contributed by atoms with Crippen LogP contribution in [0.3, 0.4) is 0 Å². The minimum atomic E-state index is -1.79. The van der Waals surface area contributed by atoms with Gasteiger partial charge in [-0.25, -0.2) is 0 Å². The summed E-state index contributed by atoms with van der Waals surface area (Å²) >= 11 is 0. The first-order valence-electron chi connectivity index (χ1n) is 40.5. The number of guanidine groups is 1. The molecule has 0 unspecified atom stereocenters. The summed E-state index contributed by atoms with van der Waals surface area (Å²) in [6.07, 6.45) is 0.602. The molecule has 0 spiro atoms. The molecule has 43 heteroatoms. The number of fused-ring (bicyclic) bond motifs is 1. The van der Waals surface area contributed by atoms with E-state index >= 15 is 4.79 Å². The maximum absolute atomic E-state index is 15.1. The molecule has 3 aromatic rings. The third kappa shape index (κ3) is 36.4. The van der Waals surface area contributed by atoms with Crippen LogP contribution < -0.4 is 120 Å². The van der Waals surface area contributed by atoms with Crippen molar-refractivity contribution in [3.8, 4) is 0 Å². The highest BCUT2D eigenvalue weighted by molar-refractivity contribution is 8.76. The van der Waals surface area contributed by atoms with Crippen molar-refractivity contribution in [3.63, 3.8) is 0 Å². The van der Waals surface area contributed by atoms with Gasteiger partial charge in [0.2, 0.25) is 100 Å². The highest BCUT2D eigenvalue weighted by Crippen LogP contribution is 2.25. The number of carbonyl (C=O) groups excluding carboxylic acids is 17. The van der Waals surface area contributed by atoms with Gasteiger partial charge in [-0.2, -0.15) is 0 Å². The summed E-state index contributed by atoms with van der Waals surface area (Å²) in [5, 5.41) is 47.5. The summed E-state index contributed by atoms with van der Waals surface area (Å²) in [6, 6.07) is -4.21. The number of primary amides is 3. The van der Waals surface area contributed by atoms with Gasteiger partial charge in [0.15, 0.2) is 5.96 Å². The summed E-state index contributed by atoms with van der Waals surface area (Å²) in [7, 11) is 1.82. The van der Waals surface area contributed by atoms with E-state index in [2.05, 4.69) is 84.7 Å². The fourth-order valence-corrected chi connectivity index (χ4v) is 15.1. The first-order chi connectivity index (χ1) is 57.4.